The number of amides is 1. The highest BCUT2D eigenvalue weighted by Crippen LogP contribution is 2.13. The molecule has 3 rings (SSSR count). The Morgan fingerprint density at radius 1 is 1.47 bits per heavy atom. The van der Waals surface area contributed by atoms with Gasteiger partial charge in [-0.25, -0.2) is 4.98 Å². The van der Waals surface area contributed by atoms with E-state index in [0.29, 0.717) is 26.2 Å². The van der Waals surface area contributed by atoms with E-state index in [4.69, 9.17) is 4.74 Å². The molecule has 0 aliphatic carbocycles. The minimum absolute atomic E-state index is 0.122. The van der Waals surface area contributed by atoms with Gasteiger partial charge in [-0.2, -0.15) is 0 Å². The second kappa shape index (κ2) is 5.01. The van der Waals surface area contributed by atoms with Gasteiger partial charge in [-0.05, 0) is 19.1 Å². The van der Waals surface area contributed by atoms with Crippen LogP contribution in [-0.2, 0) is 16.1 Å². The average Bonchev–Trinajstić information content (AvgIpc) is 2.82. The van der Waals surface area contributed by atoms with E-state index in [0.717, 1.165) is 11.0 Å². The second-order valence-electron chi connectivity index (χ2n) is 4.88. The lowest BCUT2D eigenvalue weighted by Crippen LogP contribution is -2.45. The van der Waals surface area contributed by atoms with E-state index in [-0.39, 0.29) is 12.0 Å². The fraction of sp³-hybridized carbons (Fsp3) is 0.429. The topological polar surface area (TPSA) is 47.4 Å². The molecule has 1 aromatic carbocycles. The van der Waals surface area contributed by atoms with Gasteiger partial charge in [0.1, 0.15) is 6.54 Å². The molecule has 1 saturated heterocycles. The van der Waals surface area contributed by atoms with Crippen LogP contribution in [0.3, 0.4) is 0 Å². The van der Waals surface area contributed by atoms with Crippen molar-refractivity contribution in [3.63, 3.8) is 0 Å². The van der Waals surface area contributed by atoms with Crippen LogP contribution in [0.2, 0.25) is 0 Å². The van der Waals surface area contributed by atoms with Crippen molar-refractivity contribution in [1.29, 1.82) is 0 Å². The number of ether oxygens (including phenoxy) is 1. The van der Waals surface area contributed by atoms with E-state index < -0.39 is 0 Å². The maximum atomic E-state index is 12.3. The Labute approximate surface area is 111 Å². The van der Waals surface area contributed by atoms with Gasteiger partial charge in [0.2, 0.25) is 5.91 Å². The van der Waals surface area contributed by atoms with Crippen LogP contribution in [0.1, 0.15) is 6.92 Å². The molecule has 0 spiro atoms. The molecule has 1 atom stereocenters. The number of carbonyl (C=O) groups is 1. The minimum Gasteiger partial charge on any atom is -0.375 e. The van der Waals surface area contributed by atoms with Gasteiger partial charge in [0.25, 0.3) is 0 Å². The number of para-hydroxylation sites is 2. The van der Waals surface area contributed by atoms with Crippen LogP contribution in [0, 0.1) is 0 Å². The zero-order valence-corrected chi connectivity index (χ0v) is 11.0. The monoisotopic (exact) mass is 259 g/mol. The first-order valence-electron chi connectivity index (χ1n) is 6.53. The first-order chi connectivity index (χ1) is 9.24. The van der Waals surface area contributed by atoms with E-state index in [1.165, 1.54) is 0 Å². The molecule has 5 heteroatoms. The number of aromatic nitrogens is 2. The largest absolute Gasteiger partial charge is 0.375 e. The van der Waals surface area contributed by atoms with Gasteiger partial charge in [-0.1, -0.05) is 12.1 Å². The summed E-state index contributed by atoms with van der Waals surface area (Å²) in [4.78, 5) is 18.4. The molecular weight excluding hydrogens is 242 g/mol. The molecule has 0 saturated carbocycles. The van der Waals surface area contributed by atoms with Gasteiger partial charge in [0.05, 0.1) is 30.1 Å². The summed E-state index contributed by atoms with van der Waals surface area (Å²) in [5.74, 6) is 0.123. The SMILES string of the molecule is C[C@H]1CN(C(=O)Cn2cnc3ccccc32)CCO1. The summed E-state index contributed by atoms with van der Waals surface area (Å²) in [6.45, 7) is 4.30. The van der Waals surface area contributed by atoms with Crippen molar-refractivity contribution in [3.8, 4) is 0 Å². The van der Waals surface area contributed by atoms with Crippen LogP contribution in [0.25, 0.3) is 11.0 Å². The zero-order valence-electron chi connectivity index (χ0n) is 11.0. The Balaban J connectivity index is 1.75. The molecule has 1 aromatic heterocycles. The highest BCUT2D eigenvalue weighted by atomic mass is 16.5. The summed E-state index contributed by atoms with van der Waals surface area (Å²) in [6.07, 6.45) is 1.85. The number of nitrogens with zero attached hydrogens (tertiary/aromatic N) is 3. The maximum absolute atomic E-state index is 12.3. The molecule has 0 unspecified atom stereocenters. The standard InChI is InChI=1S/C14H17N3O2/c1-11-8-16(6-7-19-11)14(18)9-17-10-15-12-4-2-3-5-13(12)17/h2-5,10-11H,6-9H2,1H3/t11-/m0/s1. The van der Waals surface area contributed by atoms with Crippen LogP contribution in [0.15, 0.2) is 30.6 Å². The second-order valence-corrected chi connectivity index (χ2v) is 4.88. The Hall–Kier alpha value is -1.88. The molecule has 0 bridgehead atoms. The number of hydrogen-bond acceptors (Lipinski definition) is 3. The van der Waals surface area contributed by atoms with Crippen molar-refractivity contribution >= 4 is 16.9 Å². The van der Waals surface area contributed by atoms with Crippen LogP contribution >= 0.6 is 0 Å². The molecule has 1 aliphatic heterocycles. The van der Waals surface area contributed by atoms with Crippen LogP contribution in [-0.4, -0.2) is 46.2 Å². The van der Waals surface area contributed by atoms with Gasteiger partial charge >= 0.3 is 0 Å². The summed E-state index contributed by atoms with van der Waals surface area (Å²) in [6, 6.07) is 7.84. The van der Waals surface area contributed by atoms with Crippen molar-refractivity contribution in [2.75, 3.05) is 19.7 Å². The number of benzene rings is 1. The molecule has 2 aromatic rings. The Morgan fingerprint density at radius 3 is 3.16 bits per heavy atom. The van der Waals surface area contributed by atoms with E-state index in [1.54, 1.807) is 6.33 Å². The van der Waals surface area contributed by atoms with Gasteiger partial charge in [-0.3, -0.25) is 4.79 Å². The summed E-state index contributed by atoms with van der Waals surface area (Å²) in [5, 5.41) is 0. The Morgan fingerprint density at radius 2 is 2.32 bits per heavy atom. The minimum atomic E-state index is 0.122. The zero-order chi connectivity index (χ0) is 13.2. The number of rotatable bonds is 2. The summed E-state index contributed by atoms with van der Waals surface area (Å²) in [5.41, 5.74) is 1.92. The normalized spacial score (nSPS) is 19.8. The fourth-order valence-electron chi connectivity index (χ4n) is 2.43. The average molecular weight is 259 g/mol. The lowest BCUT2D eigenvalue weighted by molar-refractivity contribution is -0.138. The number of imidazole rings is 1. The third-order valence-electron chi connectivity index (χ3n) is 3.43. The van der Waals surface area contributed by atoms with Crippen LogP contribution < -0.4 is 0 Å². The first-order valence-corrected chi connectivity index (χ1v) is 6.53. The van der Waals surface area contributed by atoms with E-state index in [9.17, 15) is 4.79 Å². The maximum Gasteiger partial charge on any atom is 0.242 e. The van der Waals surface area contributed by atoms with E-state index in [2.05, 4.69) is 4.98 Å². The van der Waals surface area contributed by atoms with Crippen molar-refractivity contribution in [2.24, 2.45) is 0 Å². The van der Waals surface area contributed by atoms with Crippen molar-refractivity contribution in [1.82, 2.24) is 14.5 Å². The molecular formula is C14H17N3O2. The van der Waals surface area contributed by atoms with Crippen LogP contribution in [0.5, 0.6) is 0 Å². The smallest absolute Gasteiger partial charge is 0.242 e. The van der Waals surface area contributed by atoms with Gasteiger partial charge in [0.15, 0.2) is 0 Å². The summed E-state index contributed by atoms with van der Waals surface area (Å²) >= 11 is 0. The predicted molar refractivity (Wildman–Crippen MR) is 71.7 cm³/mol. The molecule has 1 aliphatic rings. The van der Waals surface area contributed by atoms with Crippen molar-refractivity contribution in [3.05, 3.63) is 30.6 Å². The summed E-state index contributed by atoms with van der Waals surface area (Å²) < 4.78 is 7.35. The number of hydrogen-bond donors (Lipinski definition) is 0. The lowest BCUT2D eigenvalue weighted by Gasteiger charge is -2.31. The molecule has 2 heterocycles. The summed E-state index contributed by atoms with van der Waals surface area (Å²) in [7, 11) is 0. The number of morpholine rings is 1. The van der Waals surface area contributed by atoms with Crippen molar-refractivity contribution in [2.45, 2.75) is 19.6 Å². The molecule has 19 heavy (non-hydrogen) atoms. The van der Waals surface area contributed by atoms with Gasteiger partial charge in [-0.15, -0.1) is 0 Å². The van der Waals surface area contributed by atoms with Crippen molar-refractivity contribution < 1.29 is 9.53 Å². The Bertz CT molecular complexity index is 593. The highest BCUT2D eigenvalue weighted by molar-refractivity contribution is 5.80. The number of fused-ring (bicyclic) bond motifs is 1. The number of carbonyl (C=O) groups excluding carboxylic acids is 1. The van der Waals surface area contributed by atoms with Gasteiger partial charge < -0.3 is 14.2 Å². The highest BCUT2D eigenvalue weighted by Gasteiger charge is 2.21. The third kappa shape index (κ3) is 2.46. The molecule has 5 nitrogen and oxygen atoms in total. The molecule has 0 radical (unpaired) electrons. The van der Waals surface area contributed by atoms with E-state index in [1.807, 2.05) is 40.7 Å². The molecule has 1 fully saturated rings. The fourth-order valence-corrected chi connectivity index (χ4v) is 2.43. The third-order valence-corrected chi connectivity index (χ3v) is 3.43. The first kappa shape index (κ1) is 12.2. The molecule has 0 N–H and O–H groups in total. The molecule has 1 amide bonds. The Kier molecular flexibility index (Phi) is 3.21. The van der Waals surface area contributed by atoms with E-state index >= 15 is 0 Å². The quantitative estimate of drug-likeness (QED) is 0.816. The predicted octanol–water partition coefficient (Wildman–Crippen LogP) is 1.28. The van der Waals surface area contributed by atoms with Crippen LogP contribution in [0.4, 0.5) is 0 Å². The molecule has 100 valence electrons. The lowest BCUT2D eigenvalue weighted by atomic mass is 10.3. The van der Waals surface area contributed by atoms with Gasteiger partial charge in [0, 0.05) is 13.1 Å².